The fourth-order valence-corrected chi connectivity index (χ4v) is 4.52. The summed E-state index contributed by atoms with van der Waals surface area (Å²) < 4.78 is 32.8. The Balaban J connectivity index is 1.49. The average Bonchev–Trinajstić information content (AvgIpc) is 2.86. The molecule has 172 valence electrons. The van der Waals surface area contributed by atoms with Crippen molar-refractivity contribution >= 4 is 38.9 Å². The highest BCUT2D eigenvalue weighted by atomic mass is 35.5. The van der Waals surface area contributed by atoms with E-state index in [1.165, 1.54) is 31.3 Å². The van der Waals surface area contributed by atoms with Gasteiger partial charge in [-0.3, -0.25) is 9.10 Å². The van der Waals surface area contributed by atoms with Gasteiger partial charge in [0.25, 0.3) is 15.9 Å². The van der Waals surface area contributed by atoms with Crippen molar-refractivity contribution in [3.05, 3.63) is 114 Å². The zero-order chi connectivity index (χ0) is 24.1. The molecule has 0 spiro atoms. The number of sulfonamides is 1. The van der Waals surface area contributed by atoms with Crippen molar-refractivity contribution < 1.29 is 17.9 Å². The second-order valence-electron chi connectivity index (χ2n) is 7.34. The molecule has 4 aromatic rings. The molecule has 0 heterocycles. The van der Waals surface area contributed by atoms with E-state index in [4.69, 9.17) is 16.3 Å². The number of nitrogens with zero attached hydrogens (tertiary/aromatic N) is 1. The van der Waals surface area contributed by atoms with Crippen molar-refractivity contribution in [3.63, 3.8) is 0 Å². The molecule has 34 heavy (non-hydrogen) atoms. The van der Waals surface area contributed by atoms with Gasteiger partial charge in [0.05, 0.1) is 16.3 Å². The van der Waals surface area contributed by atoms with Crippen molar-refractivity contribution in [2.24, 2.45) is 0 Å². The number of carbonyl (C=O) groups is 1. The van der Waals surface area contributed by atoms with E-state index in [-0.39, 0.29) is 10.8 Å². The van der Waals surface area contributed by atoms with E-state index in [0.717, 1.165) is 4.31 Å². The lowest BCUT2D eigenvalue weighted by atomic mass is 10.2. The van der Waals surface area contributed by atoms with E-state index >= 15 is 0 Å². The van der Waals surface area contributed by atoms with Gasteiger partial charge in [0.2, 0.25) is 0 Å². The number of hydrogen-bond donors (Lipinski definition) is 1. The SMILES string of the molecule is CN(c1ccc(C(=O)Nc2ccccc2Oc2ccccc2)cc1)S(=O)(=O)c1ccc(Cl)cc1. The van der Waals surface area contributed by atoms with Gasteiger partial charge in [0.1, 0.15) is 5.75 Å². The quantitative estimate of drug-likeness (QED) is 0.333. The monoisotopic (exact) mass is 492 g/mol. The Kier molecular flexibility index (Phi) is 6.86. The summed E-state index contributed by atoms with van der Waals surface area (Å²) in [7, 11) is -2.31. The number of amides is 1. The minimum atomic E-state index is -3.77. The molecule has 4 rings (SSSR count). The van der Waals surface area contributed by atoms with Crippen LogP contribution in [0.3, 0.4) is 0 Å². The van der Waals surface area contributed by atoms with Crippen LogP contribution in [0.5, 0.6) is 11.5 Å². The smallest absolute Gasteiger partial charge is 0.264 e. The highest BCUT2D eigenvalue weighted by molar-refractivity contribution is 7.92. The highest BCUT2D eigenvalue weighted by Gasteiger charge is 2.21. The number of anilines is 2. The highest BCUT2D eigenvalue weighted by Crippen LogP contribution is 2.30. The van der Waals surface area contributed by atoms with Crippen LogP contribution in [0, 0.1) is 0 Å². The van der Waals surface area contributed by atoms with Crippen LogP contribution >= 0.6 is 11.6 Å². The molecule has 0 unspecified atom stereocenters. The van der Waals surface area contributed by atoms with Gasteiger partial charge in [-0.2, -0.15) is 0 Å². The van der Waals surface area contributed by atoms with Gasteiger partial charge in [0, 0.05) is 17.6 Å². The van der Waals surface area contributed by atoms with Gasteiger partial charge in [-0.1, -0.05) is 41.9 Å². The van der Waals surface area contributed by atoms with E-state index < -0.39 is 10.0 Å². The minimum absolute atomic E-state index is 0.122. The summed E-state index contributed by atoms with van der Waals surface area (Å²) in [6, 6.07) is 28.6. The Hall–Kier alpha value is -3.81. The normalized spacial score (nSPS) is 11.0. The first-order valence-electron chi connectivity index (χ1n) is 10.3. The van der Waals surface area contributed by atoms with Crippen molar-refractivity contribution in [1.29, 1.82) is 0 Å². The molecule has 0 bridgehead atoms. The molecule has 0 aromatic heterocycles. The summed E-state index contributed by atoms with van der Waals surface area (Å²) in [4.78, 5) is 13.0. The maximum absolute atomic E-state index is 12.9. The molecule has 6 nitrogen and oxygen atoms in total. The van der Waals surface area contributed by atoms with Crippen molar-refractivity contribution in [2.45, 2.75) is 4.90 Å². The number of para-hydroxylation sites is 3. The van der Waals surface area contributed by atoms with Gasteiger partial charge in [-0.15, -0.1) is 0 Å². The maximum Gasteiger partial charge on any atom is 0.264 e. The zero-order valence-corrected chi connectivity index (χ0v) is 19.8. The third-order valence-corrected chi connectivity index (χ3v) is 7.12. The first-order chi connectivity index (χ1) is 16.3. The average molecular weight is 493 g/mol. The Labute approximate surface area is 203 Å². The largest absolute Gasteiger partial charge is 0.455 e. The van der Waals surface area contributed by atoms with Crippen LogP contribution in [0.4, 0.5) is 11.4 Å². The fourth-order valence-electron chi connectivity index (χ4n) is 3.20. The number of ether oxygens (including phenoxy) is 1. The lowest BCUT2D eigenvalue weighted by molar-refractivity contribution is 0.102. The van der Waals surface area contributed by atoms with Gasteiger partial charge in [-0.05, 0) is 72.8 Å². The van der Waals surface area contributed by atoms with Gasteiger partial charge in [0.15, 0.2) is 5.75 Å². The third kappa shape index (κ3) is 5.22. The lowest BCUT2D eigenvalue weighted by Gasteiger charge is -2.20. The molecule has 1 N–H and O–H groups in total. The molecule has 1 amide bonds. The predicted molar refractivity (Wildman–Crippen MR) is 134 cm³/mol. The number of nitrogens with one attached hydrogen (secondary N) is 1. The van der Waals surface area contributed by atoms with E-state index in [0.29, 0.717) is 33.5 Å². The van der Waals surface area contributed by atoms with Gasteiger partial charge < -0.3 is 10.1 Å². The molecule has 0 aliphatic carbocycles. The second-order valence-corrected chi connectivity index (χ2v) is 9.74. The van der Waals surface area contributed by atoms with E-state index in [1.807, 2.05) is 36.4 Å². The molecule has 0 saturated heterocycles. The molecule has 8 heteroatoms. The van der Waals surface area contributed by atoms with Crippen molar-refractivity contribution in [3.8, 4) is 11.5 Å². The first kappa shape index (κ1) is 23.4. The summed E-state index contributed by atoms with van der Waals surface area (Å²) in [5.41, 5.74) is 1.30. The molecule has 0 saturated carbocycles. The molecule has 0 radical (unpaired) electrons. The van der Waals surface area contributed by atoms with Crippen molar-refractivity contribution in [2.75, 3.05) is 16.7 Å². The van der Waals surface area contributed by atoms with Crippen LogP contribution in [0.1, 0.15) is 10.4 Å². The van der Waals surface area contributed by atoms with Crippen LogP contribution in [-0.4, -0.2) is 21.4 Å². The van der Waals surface area contributed by atoms with Crippen LogP contribution in [0.15, 0.2) is 108 Å². The first-order valence-corrected chi connectivity index (χ1v) is 12.1. The Morgan fingerprint density at radius 1 is 0.824 bits per heavy atom. The number of halogens is 1. The standard InChI is InChI=1S/C26H21ClN2O4S/c1-29(34(31,32)23-17-13-20(27)14-18-23)21-15-11-19(12-16-21)26(30)28-24-9-5-6-10-25(24)33-22-7-3-2-4-8-22/h2-18H,1H3,(H,28,30). The second kappa shape index (κ2) is 9.99. The maximum atomic E-state index is 12.9. The molecule has 0 aliphatic heterocycles. The zero-order valence-electron chi connectivity index (χ0n) is 18.2. The van der Waals surface area contributed by atoms with E-state index in [9.17, 15) is 13.2 Å². The van der Waals surface area contributed by atoms with Gasteiger partial charge in [-0.25, -0.2) is 8.42 Å². The molecule has 4 aromatic carbocycles. The van der Waals surface area contributed by atoms with Crippen molar-refractivity contribution in [1.82, 2.24) is 0 Å². The van der Waals surface area contributed by atoms with Crippen LogP contribution in [0.2, 0.25) is 5.02 Å². The lowest BCUT2D eigenvalue weighted by Crippen LogP contribution is -2.26. The third-order valence-electron chi connectivity index (χ3n) is 5.07. The predicted octanol–water partition coefficient (Wildman–Crippen LogP) is 6.21. The van der Waals surface area contributed by atoms with Crippen LogP contribution in [0.25, 0.3) is 0 Å². The van der Waals surface area contributed by atoms with E-state index in [1.54, 1.807) is 42.5 Å². The number of rotatable bonds is 7. The molecular weight excluding hydrogens is 472 g/mol. The Morgan fingerprint density at radius 2 is 1.44 bits per heavy atom. The molecule has 0 atom stereocenters. The number of carbonyl (C=O) groups excluding carboxylic acids is 1. The topological polar surface area (TPSA) is 75.7 Å². The molecule has 0 aliphatic rings. The van der Waals surface area contributed by atoms with Crippen LogP contribution < -0.4 is 14.4 Å². The molecular formula is C26H21ClN2O4S. The minimum Gasteiger partial charge on any atom is -0.455 e. The summed E-state index contributed by atoms with van der Waals surface area (Å²) in [6.45, 7) is 0. The van der Waals surface area contributed by atoms with Gasteiger partial charge >= 0.3 is 0 Å². The summed E-state index contributed by atoms with van der Waals surface area (Å²) in [5.74, 6) is 0.810. The van der Waals surface area contributed by atoms with Crippen LogP contribution in [-0.2, 0) is 10.0 Å². The number of hydrogen-bond acceptors (Lipinski definition) is 4. The molecule has 0 fully saturated rings. The van der Waals surface area contributed by atoms with E-state index in [2.05, 4.69) is 5.32 Å². The summed E-state index contributed by atoms with van der Waals surface area (Å²) >= 11 is 5.86. The Bertz CT molecular complexity index is 1390. The summed E-state index contributed by atoms with van der Waals surface area (Å²) in [5, 5.41) is 3.30. The fraction of sp³-hybridized carbons (Fsp3) is 0.0385. The number of benzene rings is 4. The summed E-state index contributed by atoms with van der Waals surface area (Å²) in [6.07, 6.45) is 0. The Morgan fingerprint density at radius 3 is 2.12 bits per heavy atom.